The van der Waals surface area contributed by atoms with E-state index in [9.17, 15) is 4.79 Å². The number of nitrogens with zero attached hydrogens (tertiary/aromatic N) is 4. The maximum atomic E-state index is 12.4. The average molecular weight is 388 g/mol. The lowest BCUT2D eigenvalue weighted by Crippen LogP contribution is -2.32. The SMILES string of the molecule is COc1ccccc1-n1nnnc1SC(C)C(=O)NCCC1=CCCCC1. The summed E-state index contributed by atoms with van der Waals surface area (Å²) >= 11 is 1.33. The van der Waals surface area contributed by atoms with Crippen molar-refractivity contribution in [3.05, 3.63) is 35.9 Å². The molecular weight excluding hydrogens is 362 g/mol. The van der Waals surface area contributed by atoms with E-state index in [0.717, 1.165) is 18.5 Å². The van der Waals surface area contributed by atoms with Crippen molar-refractivity contribution in [1.82, 2.24) is 25.5 Å². The Bertz CT molecular complexity index is 805. The highest BCUT2D eigenvalue weighted by atomic mass is 32.2. The monoisotopic (exact) mass is 387 g/mol. The van der Waals surface area contributed by atoms with Crippen LogP contribution in [-0.4, -0.2) is 45.0 Å². The van der Waals surface area contributed by atoms with Gasteiger partial charge in [0.1, 0.15) is 11.4 Å². The van der Waals surface area contributed by atoms with Crippen LogP contribution in [0.2, 0.25) is 0 Å². The second-order valence-corrected chi connectivity index (χ2v) is 7.76. The van der Waals surface area contributed by atoms with E-state index in [-0.39, 0.29) is 11.2 Å². The first-order valence-corrected chi connectivity index (χ1v) is 10.1. The molecule has 0 aliphatic heterocycles. The third-order valence-electron chi connectivity index (χ3n) is 4.54. The molecule has 0 bridgehead atoms. The lowest BCUT2D eigenvalue weighted by molar-refractivity contribution is -0.120. The lowest BCUT2D eigenvalue weighted by atomic mass is 9.97. The van der Waals surface area contributed by atoms with Gasteiger partial charge in [-0.3, -0.25) is 4.79 Å². The summed E-state index contributed by atoms with van der Waals surface area (Å²) in [5, 5.41) is 15.1. The molecule has 7 nitrogen and oxygen atoms in total. The van der Waals surface area contributed by atoms with E-state index in [1.54, 1.807) is 11.8 Å². The first kappa shape index (κ1) is 19.4. The molecule has 27 heavy (non-hydrogen) atoms. The number of ether oxygens (including phenoxy) is 1. The highest BCUT2D eigenvalue weighted by molar-refractivity contribution is 8.00. The van der Waals surface area contributed by atoms with E-state index in [4.69, 9.17) is 4.74 Å². The van der Waals surface area contributed by atoms with Gasteiger partial charge in [-0.15, -0.1) is 5.10 Å². The molecule has 1 unspecified atom stereocenters. The molecule has 1 aromatic carbocycles. The van der Waals surface area contributed by atoms with E-state index in [1.807, 2.05) is 31.2 Å². The van der Waals surface area contributed by atoms with Crippen molar-refractivity contribution in [1.29, 1.82) is 0 Å². The zero-order valence-electron chi connectivity index (χ0n) is 15.7. The van der Waals surface area contributed by atoms with Gasteiger partial charge in [0.25, 0.3) is 0 Å². The number of rotatable bonds is 8. The van der Waals surface area contributed by atoms with Crippen LogP contribution in [0.1, 0.15) is 39.0 Å². The van der Waals surface area contributed by atoms with Crippen molar-refractivity contribution in [3.63, 3.8) is 0 Å². The fourth-order valence-corrected chi connectivity index (χ4v) is 3.87. The van der Waals surface area contributed by atoms with Gasteiger partial charge in [-0.05, 0) is 61.6 Å². The number of amides is 1. The molecule has 0 spiro atoms. The standard InChI is InChI=1S/C19H25N5O2S/c1-14(18(25)20-13-12-15-8-4-3-5-9-15)27-19-21-22-23-24(19)16-10-6-7-11-17(16)26-2/h6-8,10-11,14H,3-5,9,12-13H2,1-2H3,(H,20,25). The molecule has 1 aliphatic carbocycles. The number of allylic oxidation sites excluding steroid dienone is 1. The van der Waals surface area contributed by atoms with Crippen LogP contribution in [0.5, 0.6) is 5.75 Å². The van der Waals surface area contributed by atoms with Gasteiger partial charge >= 0.3 is 0 Å². The Kier molecular flexibility index (Phi) is 6.86. The van der Waals surface area contributed by atoms with Crippen molar-refractivity contribution < 1.29 is 9.53 Å². The summed E-state index contributed by atoms with van der Waals surface area (Å²) < 4.78 is 6.97. The lowest BCUT2D eigenvalue weighted by Gasteiger charge is -2.15. The number of benzene rings is 1. The summed E-state index contributed by atoms with van der Waals surface area (Å²) in [6.07, 6.45) is 8.12. The van der Waals surface area contributed by atoms with E-state index in [0.29, 0.717) is 17.5 Å². The summed E-state index contributed by atoms with van der Waals surface area (Å²) in [5.41, 5.74) is 2.20. The molecule has 1 amide bonds. The van der Waals surface area contributed by atoms with Crippen LogP contribution in [0.15, 0.2) is 41.1 Å². The van der Waals surface area contributed by atoms with Gasteiger partial charge in [-0.1, -0.05) is 35.5 Å². The van der Waals surface area contributed by atoms with Crippen molar-refractivity contribution >= 4 is 17.7 Å². The summed E-state index contributed by atoms with van der Waals surface area (Å²) in [5.74, 6) is 0.662. The minimum absolute atomic E-state index is 0.00835. The van der Waals surface area contributed by atoms with Gasteiger partial charge in [0.2, 0.25) is 11.1 Å². The second kappa shape index (κ2) is 9.55. The number of para-hydroxylation sites is 2. The number of tetrazole rings is 1. The Morgan fingerprint density at radius 3 is 3.00 bits per heavy atom. The van der Waals surface area contributed by atoms with Crippen molar-refractivity contribution in [3.8, 4) is 11.4 Å². The highest BCUT2D eigenvalue weighted by Gasteiger charge is 2.20. The van der Waals surface area contributed by atoms with Gasteiger partial charge in [0, 0.05) is 6.54 Å². The van der Waals surface area contributed by atoms with Crippen molar-refractivity contribution in [2.45, 2.75) is 49.4 Å². The third-order valence-corrected chi connectivity index (χ3v) is 5.57. The van der Waals surface area contributed by atoms with Crippen molar-refractivity contribution in [2.24, 2.45) is 0 Å². The van der Waals surface area contributed by atoms with E-state index >= 15 is 0 Å². The van der Waals surface area contributed by atoms with Crippen LogP contribution >= 0.6 is 11.8 Å². The van der Waals surface area contributed by atoms with Crippen LogP contribution in [-0.2, 0) is 4.79 Å². The molecular formula is C19H25N5O2S. The molecule has 144 valence electrons. The second-order valence-electron chi connectivity index (χ2n) is 6.45. The van der Waals surface area contributed by atoms with Crippen LogP contribution < -0.4 is 10.1 Å². The number of hydrogen-bond acceptors (Lipinski definition) is 6. The molecule has 1 aliphatic rings. The molecule has 0 radical (unpaired) electrons. The van der Waals surface area contributed by atoms with Crippen molar-refractivity contribution in [2.75, 3.05) is 13.7 Å². The molecule has 0 saturated carbocycles. The summed E-state index contributed by atoms with van der Waals surface area (Å²) in [6, 6.07) is 7.50. The Morgan fingerprint density at radius 2 is 2.22 bits per heavy atom. The maximum absolute atomic E-state index is 12.4. The Morgan fingerprint density at radius 1 is 1.37 bits per heavy atom. The summed E-state index contributed by atoms with van der Waals surface area (Å²) in [4.78, 5) is 12.4. The zero-order chi connectivity index (χ0) is 19.1. The first-order chi connectivity index (χ1) is 13.2. The van der Waals surface area contributed by atoms with E-state index in [1.165, 1.54) is 36.6 Å². The van der Waals surface area contributed by atoms with Gasteiger partial charge in [-0.2, -0.15) is 4.68 Å². The number of thioether (sulfide) groups is 1. The Hall–Kier alpha value is -2.35. The fourth-order valence-electron chi connectivity index (χ4n) is 3.04. The number of nitrogens with one attached hydrogen (secondary N) is 1. The molecule has 1 aromatic heterocycles. The van der Waals surface area contributed by atoms with Gasteiger partial charge in [0.05, 0.1) is 12.4 Å². The molecule has 1 heterocycles. The van der Waals surface area contributed by atoms with Crippen LogP contribution in [0, 0.1) is 0 Å². The number of methoxy groups -OCH3 is 1. The molecule has 8 heteroatoms. The molecule has 0 fully saturated rings. The Labute approximate surface area is 163 Å². The molecule has 0 saturated heterocycles. The number of aromatic nitrogens is 4. The maximum Gasteiger partial charge on any atom is 0.233 e. The molecule has 1 N–H and O–H groups in total. The van der Waals surface area contributed by atoms with E-state index in [2.05, 4.69) is 26.9 Å². The Balaban J connectivity index is 1.58. The minimum atomic E-state index is -0.301. The fraction of sp³-hybridized carbons (Fsp3) is 0.474. The van der Waals surface area contributed by atoms with E-state index < -0.39 is 0 Å². The minimum Gasteiger partial charge on any atom is -0.494 e. The van der Waals surface area contributed by atoms with Crippen LogP contribution in [0.4, 0.5) is 0 Å². The molecule has 2 aromatic rings. The summed E-state index contributed by atoms with van der Waals surface area (Å²) in [7, 11) is 1.60. The molecule has 3 rings (SSSR count). The smallest absolute Gasteiger partial charge is 0.233 e. The normalized spacial score (nSPS) is 15.1. The number of carbonyl (C=O) groups excluding carboxylic acids is 1. The van der Waals surface area contributed by atoms with Gasteiger partial charge in [0.15, 0.2) is 0 Å². The largest absolute Gasteiger partial charge is 0.494 e. The predicted octanol–water partition coefficient (Wildman–Crippen LogP) is 3.16. The quantitative estimate of drug-likeness (QED) is 0.553. The highest BCUT2D eigenvalue weighted by Crippen LogP contribution is 2.27. The van der Waals surface area contributed by atoms with Crippen LogP contribution in [0.3, 0.4) is 0 Å². The van der Waals surface area contributed by atoms with Gasteiger partial charge in [-0.25, -0.2) is 0 Å². The van der Waals surface area contributed by atoms with Crippen LogP contribution in [0.25, 0.3) is 5.69 Å². The first-order valence-electron chi connectivity index (χ1n) is 9.23. The summed E-state index contributed by atoms with van der Waals surface area (Å²) in [6.45, 7) is 2.54. The molecule has 1 atom stereocenters. The zero-order valence-corrected chi connectivity index (χ0v) is 16.5. The topological polar surface area (TPSA) is 81.9 Å². The predicted molar refractivity (Wildman–Crippen MR) is 105 cm³/mol. The number of carbonyl (C=O) groups is 1. The van der Waals surface area contributed by atoms with Gasteiger partial charge < -0.3 is 10.1 Å². The number of hydrogen-bond donors (Lipinski definition) is 1. The average Bonchev–Trinajstić information content (AvgIpc) is 3.16. The third kappa shape index (κ3) is 5.09.